The number of nitro benzene ring substituents is 2. The first-order chi connectivity index (χ1) is 17.6. The average Bonchev–Trinajstić information content (AvgIpc) is 2.89. The molecule has 0 atom stereocenters. The highest BCUT2D eigenvalue weighted by atomic mass is 16.6. The Morgan fingerprint density at radius 3 is 1.25 bits per heavy atom. The Balaban J connectivity index is 1.15. The van der Waals surface area contributed by atoms with E-state index in [0.29, 0.717) is 59.5 Å². The van der Waals surface area contributed by atoms with Gasteiger partial charge in [-0.05, 0) is 24.3 Å². The third kappa shape index (κ3) is 5.85. The van der Waals surface area contributed by atoms with E-state index in [1.54, 1.807) is 60.7 Å². The second kappa shape index (κ2) is 11.9. The molecule has 0 heterocycles. The number of rotatable bonds is 13. The van der Waals surface area contributed by atoms with Crippen molar-refractivity contribution < 1.29 is 28.8 Å². The van der Waals surface area contributed by atoms with E-state index < -0.39 is 9.85 Å². The summed E-state index contributed by atoms with van der Waals surface area (Å²) in [6.45, 7) is 1.98. The van der Waals surface area contributed by atoms with E-state index in [9.17, 15) is 20.2 Å². The predicted molar refractivity (Wildman–Crippen MR) is 134 cm³/mol. The lowest BCUT2D eigenvalue weighted by atomic mass is 10.1. The fourth-order valence-electron chi connectivity index (χ4n) is 3.82. The van der Waals surface area contributed by atoms with Gasteiger partial charge in [0.1, 0.15) is 24.7 Å². The van der Waals surface area contributed by atoms with Crippen molar-refractivity contribution in [1.29, 1.82) is 0 Å². The Labute approximate surface area is 206 Å². The molecule has 0 aliphatic carbocycles. The van der Waals surface area contributed by atoms with Crippen LogP contribution in [0.1, 0.15) is 0 Å². The zero-order valence-electron chi connectivity index (χ0n) is 19.3. The molecule has 0 aliphatic rings. The van der Waals surface area contributed by atoms with Crippen LogP contribution < -0.4 is 9.47 Å². The van der Waals surface area contributed by atoms with Crippen LogP contribution in [0.3, 0.4) is 0 Å². The van der Waals surface area contributed by atoms with Gasteiger partial charge >= 0.3 is 0 Å². The zero-order chi connectivity index (χ0) is 25.3. The van der Waals surface area contributed by atoms with Gasteiger partial charge in [-0.1, -0.05) is 36.4 Å². The molecule has 0 saturated carbocycles. The molecule has 10 heteroatoms. The van der Waals surface area contributed by atoms with Crippen molar-refractivity contribution >= 4 is 32.9 Å². The lowest BCUT2D eigenvalue weighted by Crippen LogP contribution is -2.13. The Morgan fingerprint density at radius 1 is 0.500 bits per heavy atom. The molecule has 0 spiro atoms. The third-order valence-electron chi connectivity index (χ3n) is 5.46. The molecule has 0 amide bonds. The summed E-state index contributed by atoms with van der Waals surface area (Å²) in [5.41, 5.74) is 0.0780. The minimum absolute atomic E-state index is 0.0390. The van der Waals surface area contributed by atoms with Crippen molar-refractivity contribution in [2.45, 2.75) is 0 Å². The number of hydrogen-bond donors (Lipinski definition) is 0. The van der Waals surface area contributed by atoms with Crippen molar-refractivity contribution in [3.63, 3.8) is 0 Å². The van der Waals surface area contributed by atoms with Gasteiger partial charge in [0.15, 0.2) is 0 Å². The molecular weight excluding hydrogens is 468 g/mol. The maximum Gasteiger partial charge on any atom is 0.277 e. The van der Waals surface area contributed by atoms with E-state index in [4.69, 9.17) is 18.9 Å². The van der Waals surface area contributed by atoms with E-state index in [2.05, 4.69) is 0 Å². The van der Waals surface area contributed by atoms with Gasteiger partial charge in [0, 0.05) is 22.9 Å². The van der Waals surface area contributed by atoms with E-state index in [1.165, 1.54) is 12.1 Å². The highest BCUT2D eigenvalue weighted by molar-refractivity contribution is 5.96. The first-order valence-corrected chi connectivity index (χ1v) is 11.3. The quantitative estimate of drug-likeness (QED) is 0.140. The molecule has 0 aliphatic heterocycles. The molecule has 0 fully saturated rings. The standard InChI is InChI=1S/C26H24N2O8/c29-27(30)23-9-11-25(21-7-3-1-5-19(21)23)35-17-15-33-13-14-34-16-18-36-26-12-10-24(28(31)32)20-6-2-4-8-22(20)26/h1-12H,13-18H2. The third-order valence-corrected chi connectivity index (χ3v) is 5.46. The van der Waals surface area contributed by atoms with Crippen LogP contribution in [-0.4, -0.2) is 49.5 Å². The monoisotopic (exact) mass is 492 g/mol. The van der Waals surface area contributed by atoms with Crippen molar-refractivity contribution in [3.05, 3.63) is 93.0 Å². The second-order valence-corrected chi connectivity index (χ2v) is 7.69. The van der Waals surface area contributed by atoms with Crippen molar-refractivity contribution in [1.82, 2.24) is 0 Å². The first kappa shape index (κ1) is 24.8. The van der Waals surface area contributed by atoms with Gasteiger partial charge < -0.3 is 18.9 Å². The molecule has 0 N–H and O–H groups in total. The number of nitro groups is 2. The van der Waals surface area contributed by atoms with Crippen LogP contribution >= 0.6 is 0 Å². The van der Waals surface area contributed by atoms with Crippen LogP contribution in [0.2, 0.25) is 0 Å². The lowest BCUT2D eigenvalue weighted by molar-refractivity contribution is -0.383. The number of benzene rings is 4. The molecule has 4 aromatic rings. The van der Waals surface area contributed by atoms with Gasteiger partial charge in [0.05, 0.1) is 47.0 Å². The molecule has 0 radical (unpaired) electrons. The van der Waals surface area contributed by atoms with Gasteiger partial charge in [-0.25, -0.2) is 0 Å². The van der Waals surface area contributed by atoms with Crippen molar-refractivity contribution in [2.75, 3.05) is 39.6 Å². The van der Waals surface area contributed by atoms with Crippen LogP contribution in [0.5, 0.6) is 11.5 Å². The summed E-state index contributed by atoms with van der Waals surface area (Å²) >= 11 is 0. The summed E-state index contributed by atoms with van der Waals surface area (Å²) in [4.78, 5) is 21.6. The zero-order valence-corrected chi connectivity index (χ0v) is 19.3. The molecule has 0 saturated heterocycles. The van der Waals surface area contributed by atoms with E-state index in [0.717, 1.165) is 0 Å². The summed E-state index contributed by atoms with van der Waals surface area (Å²) in [6, 6.07) is 20.1. The number of non-ortho nitro benzene ring substituents is 2. The van der Waals surface area contributed by atoms with Gasteiger partial charge in [0.25, 0.3) is 11.4 Å². The number of ether oxygens (including phenoxy) is 4. The molecule has 10 nitrogen and oxygen atoms in total. The number of nitrogens with zero attached hydrogens (tertiary/aromatic N) is 2. The molecule has 0 unspecified atom stereocenters. The molecule has 4 aromatic carbocycles. The molecule has 4 rings (SSSR count). The summed E-state index contributed by atoms with van der Waals surface area (Å²) in [5.74, 6) is 1.12. The fraction of sp³-hybridized carbons (Fsp3) is 0.231. The summed E-state index contributed by atoms with van der Waals surface area (Å²) in [7, 11) is 0. The molecule has 186 valence electrons. The fourth-order valence-corrected chi connectivity index (χ4v) is 3.82. The average molecular weight is 492 g/mol. The molecule has 36 heavy (non-hydrogen) atoms. The maximum atomic E-state index is 11.2. The van der Waals surface area contributed by atoms with E-state index in [-0.39, 0.29) is 24.6 Å². The van der Waals surface area contributed by atoms with Crippen LogP contribution in [0.15, 0.2) is 72.8 Å². The maximum absolute atomic E-state index is 11.2. The lowest BCUT2D eigenvalue weighted by Gasteiger charge is -2.11. The van der Waals surface area contributed by atoms with E-state index in [1.807, 2.05) is 0 Å². The van der Waals surface area contributed by atoms with Crippen LogP contribution in [-0.2, 0) is 9.47 Å². The largest absolute Gasteiger partial charge is 0.491 e. The Morgan fingerprint density at radius 2 is 0.861 bits per heavy atom. The SMILES string of the molecule is O=[N+]([O-])c1ccc(OCCOCCOCCOc2ccc([N+](=O)[O-])c3ccccc23)c2ccccc12. The second-order valence-electron chi connectivity index (χ2n) is 7.69. The van der Waals surface area contributed by atoms with Crippen LogP contribution in [0.4, 0.5) is 11.4 Å². The van der Waals surface area contributed by atoms with Gasteiger partial charge in [-0.2, -0.15) is 0 Å². The van der Waals surface area contributed by atoms with Gasteiger partial charge in [-0.15, -0.1) is 0 Å². The van der Waals surface area contributed by atoms with E-state index >= 15 is 0 Å². The number of fused-ring (bicyclic) bond motifs is 2. The minimum Gasteiger partial charge on any atom is -0.491 e. The Kier molecular flexibility index (Phi) is 8.22. The highest BCUT2D eigenvalue weighted by Gasteiger charge is 2.15. The van der Waals surface area contributed by atoms with Crippen LogP contribution in [0, 0.1) is 20.2 Å². The summed E-state index contributed by atoms with van der Waals surface area (Å²) < 4.78 is 22.6. The topological polar surface area (TPSA) is 123 Å². The predicted octanol–water partition coefficient (Wildman–Crippen LogP) is 5.30. The summed E-state index contributed by atoms with van der Waals surface area (Å²) in [5, 5.41) is 24.8. The molecular formula is C26H24N2O8. The van der Waals surface area contributed by atoms with Crippen LogP contribution in [0.25, 0.3) is 21.5 Å². The van der Waals surface area contributed by atoms with Gasteiger partial charge in [-0.3, -0.25) is 20.2 Å². The highest BCUT2D eigenvalue weighted by Crippen LogP contribution is 2.33. The van der Waals surface area contributed by atoms with Gasteiger partial charge in [0.2, 0.25) is 0 Å². The van der Waals surface area contributed by atoms with Crippen molar-refractivity contribution in [3.8, 4) is 11.5 Å². The molecule has 0 aromatic heterocycles. The smallest absolute Gasteiger partial charge is 0.277 e. The molecule has 0 bridgehead atoms. The normalized spacial score (nSPS) is 11.0. The Hall–Kier alpha value is -4.28. The number of hydrogen-bond acceptors (Lipinski definition) is 8. The minimum atomic E-state index is -0.408. The summed E-state index contributed by atoms with van der Waals surface area (Å²) in [6.07, 6.45) is 0. The van der Waals surface area contributed by atoms with Crippen molar-refractivity contribution in [2.24, 2.45) is 0 Å². The first-order valence-electron chi connectivity index (χ1n) is 11.3. The Bertz CT molecular complexity index is 1270.